The van der Waals surface area contributed by atoms with Crippen molar-refractivity contribution in [3.05, 3.63) is 72.1 Å². The van der Waals surface area contributed by atoms with Crippen molar-refractivity contribution in [3.8, 4) is 0 Å². The molecule has 0 spiro atoms. The highest BCUT2D eigenvalue weighted by Crippen LogP contribution is 2.07. The third kappa shape index (κ3) is 7.35. The maximum absolute atomic E-state index is 12.9. The first-order chi connectivity index (χ1) is 15.0. The summed E-state index contributed by atoms with van der Waals surface area (Å²) >= 11 is 0. The van der Waals surface area contributed by atoms with E-state index < -0.39 is 0 Å². The molecule has 0 bridgehead atoms. The predicted octanol–water partition coefficient (Wildman–Crippen LogP) is 0.321. The Morgan fingerprint density at radius 1 is 1.00 bits per heavy atom. The molecule has 0 unspecified atom stereocenters. The van der Waals surface area contributed by atoms with E-state index in [0.717, 1.165) is 10.5 Å². The zero-order chi connectivity index (χ0) is 22.1. The zero-order valence-electron chi connectivity index (χ0n) is 17.1. The van der Waals surface area contributed by atoms with E-state index in [2.05, 4.69) is 10.6 Å². The number of halogens is 1. The van der Waals surface area contributed by atoms with Gasteiger partial charge in [0.1, 0.15) is 5.82 Å². The van der Waals surface area contributed by atoms with E-state index in [1.54, 1.807) is 11.0 Å². The van der Waals surface area contributed by atoms with Crippen LogP contribution in [0.15, 0.2) is 60.7 Å². The second kappa shape index (κ2) is 11.0. The Bertz CT molecular complexity index is 924. The fraction of sp³-hybridized carbons (Fsp3) is 0.261. The molecule has 1 aliphatic rings. The minimum absolute atomic E-state index is 0.0572. The van der Waals surface area contributed by atoms with Gasteiger partial charge in [0.05, 0.1) is 32.7 Å². The fourth-order valence-corrected chi connectivity index (χ4v) is 3.28. The lowest BCUT2D eigenvalue weighted by Crippen LogP contribution is -3.15. The van der Waals surface area contributed by atoms with Gasteiger partial charge in [0.2, 0.25) is 11.8 Å². The van der Waals surface area contributed by atoms with Crippen molar-refractivity contribution >= 4 is 29.5 Å². The molecule has 3 rings (SSSR count). The van der Waals surface area contributed by atoms with Gasteiger partial charge in [0.25, 0.3) is 5.91 Å². The van der Waals surface area contributed by atoms with Gasteiger partial charge in [-0.2, -0.15) is 0 Å². The summed E-state index contributed by atoms with van der Waals surface area (Å²) in [6.07, 6.45) is 3.10. The van der Waals surface area contributed by atoms with Crippen molar-refractivity contribution in [1.82, 2.24) is 10.2 Å². The summed E-state index contributed by atoms with van der Waals surface area (Å²) in [6, 6.07) is 15.1. The number of carbonyl (C=O) groups excluding carboxylic acids is 3. The van der Waals surface area contributed by atoms with Crippen molar-refractivity contribution in [3.63, 3.8) is 0 Å². The number of benzene rings is 2. The highest BCUT2D eigenvalue weighted by atomic mass is 19.1. The molecular weight excluding hydrogens is 399 g/mol. The molecule has 162 valence electrons. The zero-order valence-corrected chi connectivity index (χ0v) is 17.1. The van der Waals surface area contributed by atoms with Crippen LogP contribution in [-0.2, 0) is 14.4 Å². The first-order valence-corrected chi connectivity index (χ1v) is 10.2. The number of hydrogen-bond donors (Lipinski definition) is 3. The number of amides is 3. The SMILES string of the molecule is O=C(/C=C/c1ccccc1)NCC(=O)N1CC[NH+](CC(=O)Nc2ccc(F)cc2)CC1. The van der Waals surface area contributed by atoms with Gasteiger partial charge in [-0.1, -0.05) is 30.3 Å². The van der Waals surface area contributed by atoms with E-state index in [4.69, 9.17) is 0 Å². The number of rotatable bonds is 7. The first kappa shape index (κ1) is 22.2. The number of hydrogen-bond acceptors (Lipinski definition) is 3. The second-order valence-electron chi connectivity index (χ2n) is 7.32. The lowest BCUT2D eigenvalue weighted by molar-refractivity contribution is -0.895. The number of anilines is 1. The Labute approximate surface area is 180 Å². The van der Waals surface area contributed by atoms with Gasteiger partial charge in [-0.15, -0.1) is 0 Å². The van der Waals surface area contributed by atoms with Crippen molar-refractivity contribution < 1.29 is 23.7 Å². The monoisotopic (exact) mass is 425 g/mol. The molecule has 2 aromatic carbocycles. The van der Waals surface area contributed by atoms with Gasteiger partial charge < -0.3 is 20.4 Å². The van der Waals surface area contributed by atoms with Gasteiger partial charge >= 0.3 is 0 Å². The van der Waals surface area contributed by atoms with E-state index in [-0.39, 0.29) is 36.6 Å². The summed E-state index contributed by atoms with van der Waals surface area (Å²) in [6.45, 7) is 2.55. The van der Waals surface area contributed by atoms with Crippen LogP contribution in [0.25, 0.3) is 6.08 Å². The molecule has 31 heavy (non-hydrogen) atoms. The Morgan fingerprint density at radius 2 is 1.68 bits per heavy atom. The Kier molecular flexibility index (Phi) is 7.89. The van der Waals surface area contributed by atoms with Crippen LogP contribution in [0.4, 0.5) is 10.1 Å². The van der Waals surface area contributed by atoms with Gasteiger partial charge in [0, 0.05) is 11.8 Å². The average Bonchev–Trinajstić information content (AvgIpc) is 2.79. The summed E-state index contributed by atoms with van der Waals surface area (Å²) in [5.41, 5.74) is 1.46. The molecule has 1 aliphatic heterocycles. The molecule has 1 saturated heterocycles. The van der Waals surface area contributed by atoms with Crippen LogP contribution in [0.5, 0.6) is 0 Å². The fourth-order valence-electron chi connectivity index (χ4n) is 3.28. The van der Waals surface area contributed by atoms with Gasteiger partial charge in [-0.3, -0.25) is 14.4 Å². The maximum Gasteiger partial charge on any atom is 0.279 e. The van der Waals surface area contributed by atoms with Gasteiger partial charge in [-0.25, -0.2) is 4.39 Å². The number of quaternary nitrogens is 1. The molecule has 0 atom stereocenters. The van der Waals surface area contributed by atoms with Crippen LogP contribution in [0.3, 0.4) is 0 Å². The molecule has 0 saturated carbocycles. The Balaban J connectivity index is 1.35. The van der Waals surface area contributed by atoms with Gasteiger partial charge in [-0.05, 0) is 35.9 Å². The van der Waals surface area contributed by atoms with Crippen LogP contribution >= 0.6 is 0 Å². The third-order valence-electron chi connectivity index (χ3n) is 5.00. The van der Waals surface area contributed by atoms with Crippen LogP contribution in [0.1, 0.15) is 5.56 Å². The molecule has 3 amide bonds. The highest BCUT2D eigenvalue weighted by molar-refractivity contribution is 5.94. The molecule has 1 fully saturated rings. The number of nitrogens with zero attached hydrogens (tertiary/aromatic N) is 1. The smallest absolute Gasteiger partial charge is 0.279 e. The van der Waals surface area contributed by atoms with E-state index in [1.807, 2.05) is 30.3 Å². The van der Waals surface area contributed by atoms with Crippen molar-refractivity contribution in [2.75, 3.05) is 44.6 Å². The first-order valence-electron chi connectivity index (χ1n) is 10.2. The van der Waals surface area contributed by atoms with Crippen LogP contribution < -0.4 is 15.5 Å². The van der Waals surface area contributed by atoms with Crippen molar-refractivity contribution in [2.45, 2.75) is 0 Å². The molecular formula is C23H26FN4O3+. The highest BCUT2D eigenvalue weighted by Gasteiger charge is 2.25. The summed E-state index contributed by atoms with van der Waals surface area (Å²) in [5, 5.41) is 5.36. The molecule has 0 radical (unpaired) electrons. The quantitative estimate of drug-likeness (QED) is 0.559. The molecule has 7 nitrogen and oxygen atoms in total. The molecule has 0 aromatic heterocycles. The number of carbonyl (C=O) groups is 3. The Morgan fingerprint density at radius 3 is 2.35 bits per heavy atom. The van der Waals surface area contributed by atoms with E-state index >= 15 is 0 Å². The van der Waals surface area contributed by atoms with E-state index in [1.165, 1.54) is 30.3 Å². The topological polar surface area (TPSA) is 83.0 Å². The minimum atomic E-state index is -0.354. The molecule has 1 heterocycles. The second-order valence-corrected chi connectivity index (χ2v) is 7.32. The Hall–Kier alpha value is -3.52. The molecule has 3 N–H and O–H groups in total. The lowest BCUT2D eigenvalue weighted by Gasteiger charge is -2.31. The van der Waals surface area contributed by atoms with Crippen LogP contribution in [-0.4, -0.2) is 61.9 Å². The van der Waals surface area contributed by atoms with Crippen LogP contribution in [0, 0.1) is 5.82 Å². The predicted molar refractivity (Wildman–Crippen MR) is 116 cm³/mol. The summed E-state index contributed by atoms with van der Waals surface area (Å²) in [5.74, 6) is -0.970. The average molecular weight is 425 g/mol. The van der Waals surface area contributed by atoms with E-state index in [0.29, 0.717) is 31.9 Å². The summed E-state index contributed by atoms with van der Waals surface area (Å²) in [7, 11) is 0. The van der Waals surface area contributed by atoms with E-state index in [9.17, 15) is 18.8 Å². The number of piperazine rings is 1. The standard InChI is InChI=1S/C23H25FN4O3/c24-19-7-9-20(10-8-19)26-22(30)17-27-12-14-28(15-13-27)23(31)16-25-21(29)11-6-18-4-2-1-3-5-18/h1-11H,12-17H2,(H,25,29)(H,26,30)/p+1/b11-6+. The molecule has 8 heteroatoms. The number of nitrogens with one attached hydrogen (secondary N) is 3. The third-order valence-corrected chi connectivity index (χ3v) is 5.00. The molecule has 0 aliphatic carbocycles. The largest absolute Gasteiger partial charge is 0.343 e. The lowest BCUT2D eigenvalue weighted by atomic mass is 10.2. The van der Waals surface area contributed by atoms with Crippen molar-refractivity contribution in [2.24, 2.45) is 0 Å². The summed E-state index contributed by atoms with van der Waals surface area (Å²) in [4.78, 5) is 39.2. The van der Waals surface area contributed by atoms with Crippen LogP contribution in [0.2, 0.25) is 0 Å². The summed E-state index contributed by atoms with van der Waals surface area (Å²) < 4.78 is 12.9. The van der Waals surface area contributed by atoms with Gasteiger partial charge in [0.15, 0.2) is 6.54 Å². The molecule has 2 aromatic rings. The van der Waals surface area contributed by atoms with Crippen molar-refractivity contribution in [1.29, 1.82) is 0 Å². The maximum atomic E-state index is 12.9. The minimum Gasteiger partial charge on any atom is -0.343 e. The normalized spacial score (nSPS) is 14.4.